The van der Waals surface area contributed by atoms with Gasteiger partial charge in [0.2, 0.25) is 10.0 Å². The summed E-state index contributed by atoms with van der Waals surface area (Å²) in [5.41, 5.74) is 1.01. The fraction of sp³-hybridized carbons (Fsp3) is 0.400. The zero-order chi connectivity index (χ0) is 18.8. The summed E-state index contributed by atoms with van der Waals surface area (Å²) >= 11 is 3.39. The molecule has 1 N–H and O–H groups in total. The molecule has 0 saturated carbocycles. The van der Waals surface area contributed by atoms with Crippen molar-refractivity contribution in [3.8, 4) is 0 Å². The van der Waals surface area contributed by atoms with Crippen LogP contribution in [-0.2, 0) is 22.0 Å². The smallest absolute Gasteiger partial charge is 0.243 e. The first kappa shape index (κ1) is 19.5. The molecule has 1 aliphatic rings. The van der Waals surface area contributed by atoms with Gasteiger partial charge in [0.25, 0.3) is 0 Å². The van der Waals surface area contributed by atoms with E-state index >= 15 is 0 Å². The van der Waals surface area contributed by atoms with Crippen LogP contribution >= 0.6 is 15.9 Å². The molecule has 0 spiro atoms. The van der Waals surface area contributed by atoms with Gasteiger partial charge in [-0.05, 0) is 54.7 Å². The van der Waals surface area contributed by atoms with Gasteiger partial charge in [0.15, 0.2) is 0 Å². The van der Waals surface area contributed by atoms with Crippen molar-refractivity contribution in [2.75, 3.05) is 13.1 Å². The molecule has 1 heterocycles. The maximum atomic E-state index is 12.9. The minimum absolute atomic E-state index is 0.311. The largest absolute Gasteiger partial charge is 0.385 e. The van der Waals surface area contributed by atoms with Gasteiger partial charge < -0.3 is 5.11 Å². The first-order valence-corrected chi connectivity index (χ1v) is 11.2. The summed E-state index contributed by atoms with van der Waals surface area (Å²) in [6, 6.07) is 14.7. The van der Waals surface area contributed by atoms with E-state index in [-0.39, 0.29) is 0 Å². The Morgan fingerprint density at radius 2 is 1.62 bits per heavy atom. The number of piperidine rings is 1. The van der Waals surface area contributed by atoms with Gasteiger partial charge in [-0.2, -0.15) is 4.31 Å². The highest BCUT2D eigenvalue weighted by atomic mass is 79.9. The third-order valence-corrected chi connectivity index (χ3v) is 7.47. The van der Waals surface area contributed by atoms with E-state index in [0.717, 1.165) is 28.4 Å². The molecule has 6 heteroatoms. The number of rotatable bonds is 5. The van der Waals surface area contributed by atoms with Gasteiger partial charge >= 0.3 is 0 Å². The van der Waals surface area contributed by atoms with E-state index in [1.807, 2.05) is 36.4 Å². The molecule has 26 heavy (non-hydrogen) atoms. The summed E-state index contributed by atoms with van der Waals surface area (Å²) < 4.78 is 28.2. The van der Waals surface area contributed by atoms with Crippen LogP contribution in [0, 0.1) is 0 Å². The van der Waals surface area contributed by atoms with E-state index in [4.69, 9.17) is 0 Å². The maximum Gasteiger partial charge on any atom is 0.243 e. The quantitative estimate of drug-likeness (QED) is 0.766. The Labute approximate surface area is 164 Å². The lowest BCUT2D eigenvalue weighted by atomic mass is 9.85. The molecule has 0 aromatic heterocycles. The zero-order valence-electron chi connectivity index (χ0n) is 14.9. The van der Waals surface area contributed by atoms with Crippen molar-refractivity contribution in [2.24, 2.45) is 0 Å². The second-order valence-corrected chi connectivity index (χ2v) is 9.69. The van der Waals surface area contributed by atoms with E-state index in [0.29, 0.717) is 30.8 Å². The van der Waals surface area contributed by atoms with Crippen molar-refractivity contribution >= 4 is 26.0 Å². The van der Waals surface area contributed by atoms with Crippen LogP contribution in [0.5, 0.6) is 0 Å². The standard InChI is InChI=1S/C20H24BrNO3S/c1-2-3-16-4-10-19(11-5-16)26(24,25)22-14-12-20(23,13-15-22)17-6-8-18(21)9-7-17/h4-11,23H,2-3,12-15H2,1H3. The van der Waals surface area contributed by atoms with E-state index in [1.165, 1.54) is 4.31 Å². The number of nitrogens with zero attached hydrogens (tertiary/aromatic N) is 1. The van der Waals surface area contributed by atoms with Crippen LogP contribution in [0.4, 0.5) is 0 Å². The van der Waals surface area contributed by atoms with Gasteiger partial charge in [-0.3, -0.25) is 0 Å². The molecule has 0 radical (unpaired) electrons. The number of aliphatic hydroxyl groups is 1. The lowest BCUT2D eigenvalue weighted by Gasteiger charge is -2.38. The Morgan fingerprint density at radius 1 is 1.04 bits per heavy atom. The van der Waals surface area contributed by atoms with Crippen LogP contribution in [0.1, 0.15) is 37.3 Å². The van der Waals surface area contributed by atoms with Gasteiger partial charge in [0, 0.05) is 17.6 Å². The second-order valence-electron chi connectivity index (χ2n) is 6.84. The lowest BCUT2D eigenvalue weighted by Crippen LogP contribution is -2.45. The molecular formula is C20H24BrNO3S. The van der Waals surface area contributed by atoms with Crippen molar-refractivity contribution in [3.63, 3.8) is 0 Å². The van der Waals surface area contributed by atoms with Crippen LogP contribution in [0.15, 0.2) is 57.9 Å². The van der Waals surface area contributed by atoms with Crippen molar-refractivity contribution in [1.82, 2.24) is 4.31 Å². The van der Waals surface area contributed by atoms with Crippen molar-refractivity contribution in [3.05, 3.63) is 64.1 Å². The highest BCUT2D eigenvalue weighted by molar-refractivity contribution is 9.10. The number of hydrogen-bond acceptors (Lipinski definition) is 3. The van der Waals surface area contributed by atoms with Crippen LogP contribution in [-0.4, -0.2) is 30.9 Å². The van der Waals surface area contributed by atoms with E-state index in [2.05, 4.69) is 22.9 Å². The average Bonchev–Trinajstić information content (AvgIpc) is 2.63. The number of aryl methyl sites for hydroxylation is 1. The summed E-state index contributed by atoms with van der Waals surface area (Å²) in [5, 5.41) is 10.9. The van der Waals surface area contributed by atoms with Crippen LogP contribution < -0.4 is 0 Å². The minimum atomic E-state index is -3.52. The fourth-order valence-corrected chi connectivity index (χ4v) is 5.12. The molecule has 2 aromatic rings. The van der Waals surface area contributed by atoms with Gasteiger partial charge in [-0.1, -0.05) is 53.5 Å². The fourth-order valence-electron chi connectivity index (χ4n) is 3.41. The first-order chi connectivity index (χ1) is 12.3. The molecule has 0 unspecified atom stereocenters. The summed E-state index contributed by atoms with van der Waals surface area (Å²) in [6.45, 7) is 2.72. The molecule has 1 aliphatic heterocycles. The molecule has 0 atom stereocenters. The van der Waals surface area contributed by atoms with Gasteiger partial charge in [-0.15, -0.1) is 0 Å². The van der Waals surface area contributed by atoms with Crippen molar-refractivity contribution in [2.45, 2.75) is 43.1 Å². The summed E-state index contributed by atoms with van der Waals surface area (Å²) in [5.74, 6) is 0. The van der Waals surface area contributed by atoms with E-state index < -0.39 is 15.6 Å². The monoisotopic (exact) mass is 437 g/mol. The molecule has 2 aromatic carbocycles. The molecule has 3 rings (SSSR count). The maximum absolute atomic E-state index is 12.9. The normalized spacial score (nSPS) is 18.0. The molecule has 1 saturated heterocycles. The second kappa shape index (κ2) is 7.80. The van der Waals surface area contributed by atoms with Gasteiger partial charge in [0.05, 0.1) is 10.5 Å². The third-order valence-electron chi connectivity index (χ3n) is 5.03. The predicted octanol–water partition coefficient (Wildman–Crippen LogP) is 4.07. The Balaban J connectivity index is 1.73. The van der Waals surface area contributed by atoms with Gasteiger partial charge in [-0.25, -0.2) is 8.42 Å². The van der Waals surface area contributed by atoms with Gasteiger partial charge in [0.1, 0.15) is 0 Å². The number of benzene rings is 2. The van der Waals surface area contributed by atoms with E-state index in [9.17, 15) is 13.5 Å². The van der Waals surface area contributed by atoms with E-state index in [1.54, 1.807) is 12.1 Å². The SMILES string of the molecule is CCCc1ccc(S(=O)(=O)N2CCC(O)(c3ccc(Br)cc3)CC2)cc1. The Hall–Kier alpha value is -1.21. The summed E-state index contributed by atoms with van der Waals surface area (Å²) in [7, 11) is -3.52. The van der Waals surface area contributed by atoms with Crippen molar-refractivity contribution in [1.29, 1.82) is 0 Å². The average molecular weight is 438 g/mol. The Kier molecular flexibility index (Phi) is 5.87. The number of sulfonamides is 1. The molecule has 0 bridgehead atoms. The summed E-state index contributed by atoms with van der Waals surface area (Å²) in [6.07, 6.45) is 2.76. The first-order valence-electron chi connectivity index (χ1n) is 8.93. The number of halogens is 1. The predicted molar refractivity (Wildman–Crippen MR) is 106 cm³/mol. The molecular weight excluding hydrogens is 414 g/mol. The summed E-state index contributed by atoms with van der Waals surface area (Å²) in [4.78, 5) is 0.325. The van der Waals surface area contributed by atoms with Crippen LogP contribution in [0.25, 0.3) is 0 Å². The van der Waals surface area contributed by atoms with Crippen molar-refractivity contribution < 1.29 is 13.5 Å². The zero-order valence-corrected chi connectivity index (χ0v) is 17.3. The van der Waals surface area contributed by atoms with Crippen LogP contribution in [0.2, 0.25) is 0 Å². The Morgan fingerprint density at radius 3 is 2.15 bits per heavy atom. The molecule has 0 aliphatic carbocycles. The molecule has 4 nitrogen and oxygen atoms in total. The number of hydrogen-bond donors (Lipinski definition) is 1. The topological polar surface area (TPSA) is 57.6 Å². The highest BCUT2D eigenvalue weighted by Crippen LogP contribution is 2.35. The third kappa shape index (κ3) is 4.03. The molecule has 0 amide bonds. The Bertz CT molecular complexity index is 840. The highest BCUT2D eigenvalue weighted by Gasteiger charge is 2.38. The molecule has 1 fully saturated rings. The van der Waals surface area contributed by atoms with Crippen LogP contribution in [0.3, 0.4) is 0 Å². The molecule has 140 valence electrons. The lowest BCUT2D eigenvalue weighted by molar-refractivity contribution is -0.00962. The minimum Gasteiger partial charge on any atom is -0.385 e.